The number of nitrogens with two attached hydrogens (primary N) is 1. The Kier molecular flexibility index (Phi) is 4.54. The van der Waals surface area contributed by atoms with E-state index in [9.17, 15) is 4.79 Å². The summed E-state index contributed by atoms with van der Waals surface area (Å²) in [6.45, 7) is 0.162. The minimum atomic E-state index is -0.840. The van der Waals surface area contributed by atoms with Crippen LogP contribution in [0, 0.1) is 5.92 Å². The molecule has 0 aliphatic rings. The first kappa shape index (κ1) is 13.5. The number of rotatable bonds is 4. The molecular weight excluding hydrogens is 240 g/mol. The summed E-state index contributed by atoms with van der Waals surface area (Å²) in [4.78, 5) is 14.0. The second-order valence-electron chi connectivity index (χ2n) is 3.83. The molecule has 1 unspecified atom stereocenters. The quantitative estimate of drug-likeness (QED) is 0.778. The lowest BCUT2D eigenvalue weighted by Crippen LogP contribution is -2.25. The van der Waals surface area contributed by atoms with E-state index >= 15 is 0 Å². The molecule has 17 heavy (non-hydrogen) atoms. The highest BCUT2D eigenvalue weighted by Gasteiger charge is 2.17. The van der Waals surface area contributed by atoms with Crippen LogP contribution in [0.4, 0.5) is 0 Å². The fraction of sp³-hybridized carbons (Fsp3) is 0.250. The van der Waals surface area contributed by atoms with Crippen molar-refractivity contribution in [2.45, 2.75) is 6.42 Å². The number of aromatic amines is 1. The van der Waals surface area contributed by atoms with Crippen molar-refractivity contribution in [1.29, 1.82) is 0 Å². The Morgan fingerprint density at radius 2 is 2.12 bits per heavy atom. The highest BCUT2D eigenvalue weighted by atomic mass is 35.5. The third kappa shape index (κ3) is 2.78. The molecule has 4 N–H and O–H groups in total. The SMILES string of the molecule is Cl.NCC(Cc1c[nH]c2ccccc12)C(=O)O. The highest BCUT2D eigenvalue weighted by molar-refractivity contribution is 5.85. The minimum absolute atomic E-state index is 0. The Bertz CT molecular complexity index is 510. The van der Waals surface area contributed by atoms with E-state index in [-0.39, 0.29) is 19.0 Å². The predicted octanol–water partition coefficient (Wildman–Crippen LogP) is 1.79. The van der Waals surface area contributed by atoms with Crippen LogP contribution in [0.3, 0.4) is 0 Å². The summed E-state index contributed by atoms with van der Waals surface area (Å²) in [6.07, 6.45) is 2.33. The van der Waals surface area contributed by atoms with Gasteiger partial charge in [0.15, 0.2) is 0 Å². The van der Waals surface area contributed by atoms with E-state index in [0.717, 1.165) is 16.5 Å². The fourth-order valence-electron chi connectivity index (χ4n) is 1.84. The number of nitrogens with one attached hydrogen (secondary N) is 1. The molecule has 1 aromatic carbocycles. The summed E-state index contributed by atoms with van der Waals surface area (Å²) >= 11 is 0. The molecule has 0 saturated heterocycles. The molecule has 5 heteroatoms. The molecule has 1 atom stereocenters. The maximum absolute atomic E-state index is 10.9. The second-order valence-corrected chi connectivity index (χ2v) is 3.83. The number of carboxylic acids is 1. The molecule has 0 radical (unpaired) electrons. The lowest BCUT2D eigenvalue weighted by atomic mass is 9.99. The third-order valence-electron chi connectivity index (χ3n) is 2.77. The van der Waals surface area contributed by atoms with Crippen LogP contribution in [0.25, 0.3) is 10.9 Å². The second kappa shape index (κ2) is 5.70. The number of fused-ring (bicyclic) bond motifs is 1. The van der Waals surface area contributed by atoms with Crippen LogP contribution in [-0.2, 0) is 11.2 Å². The van der Waals surface area contributed by atoms with Gasteiger partial charge in [-0.05, 0) is 18.1 Å². The molecule has 0 aliphatic heterocycles. The number of hydrogen-bond acceptors (Lipinski definition) is 2. The van der Waals surface area contributed by atoms with Crippen molar-refractivity contribution >= 4 is 29.3 Å². The van der Waals surface area contributed by atoms with Crippen LogP contribution < -0.4 is 5.73 Å². The number of halogens is 1. The average Bonchev–Trinajstić information content (AvgIpc) is 2.69. The van der Waals surface area contributed by atoms with E-state index in [4.69, 9.17) is 10.8 Å². The van der Waals surface area contributed by atoms with E-state index in [0.29, 0.717) is 6.42 Å². The maximum atomic E-state index is 10.9. The number of H-pyrrole nitrogens is 1. The summed E-state index contributed by atoms with van der Waals surface area (Å²) in [6, 6.07) is 7.84. The van der Waals surface area contributed by atoms with Crippen LogP contribution in [0.1, 0.15) is 5.56 Å². The molecule has 0 saturated carbocycles. The van der Waals surface area contributed by atoms with Gasteiger partial charge in [0.2, 0.25) is 0 Å². The first-order valence-electron chi connectivity index (χ1n) is 5.20. The van der Waals surface area contributed by atoms with E-state index in [1.54, 1.807) is 0 Å². The van der Waals surface area contributed by atoms with Crippen molar-refractivity contribution in [1.82, 2.24) is 4.98 Å². The summed E-state index contributed by atoms with van der Waals surface area (Å²) < 4.78 is 0. The lowest BCUT2D eigenvalue weighted by molar-refractivity contribution is -0.141. The number of para-hydroxylation sites is 1. The van der Waals surface area contributed by atoms with Crippen molar-refractivity contribution in [3.8, 4) is 0 Å². The van der Waals surface area contributed by atoms with E-state index in [1.165, 1.54) is 0 Å². The van der Waals surface area contributed by atoms with Crippen LogP contribution in [0.15, 0.2) is 30.5 Å². The van der Waals surface area contributed by atoms with Gasteiger partial charge in [-0.15, -0.1) is 12.4 Å². The van der Waals surface area contributed by atoms with Gasteiger partial charge in [0.25, 0.3) is 0 Å². The van der Waals surface area contributed by atoms with Gasteiger partial charge in [0.1, 0.15) is 0 Å². The Balaban J connectivity index is 0.00000144. The normalized spacial score (nSPS) is 12.1. The lowest BCUT2D eigenvalue weighted by Gasteiger charge is -2.08. The van der Waals surface area contributed by atoms with Gasteiger partial charge in [-0.25, -0.2) is 0 Å². The topological polar surface area (TPSA) is 79.1 Å². The average molecular weight is 255 g/mol. The zero-order valence-electron chi connectivity index (χ0n) is 9.22. The molecule has 92 valence electrons. The molecule has 0 amide bonds. The molecule has 1 aromatic heterocycles. The number of hydrogen-bond donors (Lipinski definition) is 3. The van der Waals surface area contributed by atoms with E-state index < -0.39 is 11.9 Å². The molecular formula is C12H15ClN2O2. The van der Waals surface area contributed by atoms with Gasteiger partial charge >= 0.3 is 5.97 Å². The molecule has 2 rings (SSSR count). The first-order valence-corrected chi connectivity index (χ1v) is 5.20. The maximum Gasteiger partial charge on any atom is 0.308 e. The summed E-state index contributed by atoms with van der Waals surface area (Å²) in [5.74, 6) is -1.35. The Hall–Kier alpha value is -1.52. The monoisotopic (exact) mass is 254 g/mol. The Morgan fingerprint density at radius 1 is 1.41 bits per heavy atom. The van der Waals surface area contributed by atoms with Gasteiger partial charge in [-0.2, -0.15) is 0 Å². The van der Waals surface area contributed by atoms with E-state index in [1.807, 2.05) is 30.5 Å². The third-order valence-corrected chi connectivity index (χ3v) is 2.77. The largest absolute Gasteiger partial charge is 0.481 e. The highest BCUT2D eigenvalue weighted by Crippen LogP contribution is 2.20. The smallest absolute Gasteiger partial charge is 0.308 e. The number of aliphatic carboxylic acids is 1. The zero-order chi connectivity index (χ0) is 11.5. The predicted molar refractivity (Wildman–Crippen MR) is 69.4 cm³/mol. The van der Waals surface area contributed by atoms with Gasteiger partial charge in [0.05, 0.1) is 5.92 Å². The number of aromatic nitrogens is 1. The van der Waals surface area contributed by atoms with Crippen molar-refractivity contribution in [2.24, 2.45) is 11.7 Å². The molecule has 2 aromatic rings. The summed E-state index contributed by atoms with van der Waals surface area (Å²) in [7, 11) is 0. The number of benzene rings is 1. The van der Waals surface area contributed by atoms with Crippen molar-refractivity contribution < 1.29 is 9.90 Å². The molecule has 0 spiro atoms. The van der Waals surface area contributed by atoms with Gasteiger partial charge in [-0.3, -0.25) is 4.79 Å². The standard InChI is InChI=1S/C12H14N2O2.ClH/c13-6-8(12(15)16)5-9-7-14-11-4-2-1-3-10(9)11;/h1-4,7-8,14H,5-6,13H2,(H,15,16);1H. The summed E-state index contributed by atoms with van der Waals surface area (Å²) in [5, 5.41) is 10.0. The number of carbonyl (C=O) groups is 1. The molecule has 1 heterocycles. The number of carboxylic acid groups (broad SMARTS) is 1. The minimum Gasteiger partial charge on any atom is -0.481 e. The van der Waals surface area contributed by atoms with Crippen LogP contribution in [0.5, 0.6) is 0 Å². The fourth-order valence-corrected chi connectivity index (χ4v) is 1.84. The van der Waals surface area contributed by atoms with Crippen molar-refractivity contribution in [3.63, 3.8) is 0 Å². The van der Waals surface area contributed by atoms with Crippen LogP contribution in [0.2, 0.25) is 0 Å². The van der Waals surface area contributed by atoms with Crippen molar-refractivity contribution in [2.75, 3.05) is 6.54 Å². The molecule has 0 aliphatic carbocycles. The van der Waals surface area contributed by atoms with Gasteiger partial charge in [-0.1, -0.05) is 18.2 Å². The molecule has 0 fully saturated rings. The van der Waals surface area contributed by atoms with Gasteiger partial charge in [0, 0.05) is 23.6 Å². The molecule has 4 nitrogen and oxygen atoms in total. The van der Waals surface area contributed by atoms with Gasteiger partial charge < -0.3 is 15.8 Å². The zero-order valence-corrected chi connectivity index (χ0v) is 10.0. The molecule has 0 bridgehead atoms. The first-order chi connectivity index (χ1) is 7.72. The summed E-state index contributed by atoms with van der Waals surface area (Å²) in [5.41, 5.74) is 7.48. The van der Waals surface area contributed by atoms with Crippen LogP contribution in [-0.4, -0.2) is 22.6 Å². The van der Waals surface area contributed by atoms with Crippen LogP contribution >= 0.6 is 12.4 Å². The Morgan fingerprint density at radius 3 is 2.76 bits per heavy atom. The Labute approximate surface area is 105 Å². The van der Waals surface area contributed by atoms with Crippen molar-refractivity contribution in [3.05, 3.63) is 36.0 Å². The van der Waals surface area contributed by atoms with E-state index in [2.05, 4.69) is 4.98 Å².